The summed E-state index contributed by atoms with van der Waals surface area (Å²) < 4.78 is 1.88. The predicted octanol–water partition coefficient (Wildman–Crippen LogP) is 2.27. The molecule has 1 aromatic heterocycles. The average molecular weight is 281 g/mol. The van der Waals surface area contributed by atoms with E-state index in [4.69, 9.17) is 5.11 Å². The lowest BCUT2D eigenvalue weighted by Crippen LogP contribution is -2.46. The zero-order chi connectivity index (χ0) is 15.2. The topological polar surface area (TPSA) is 67.2 Å². The summed E-state index contributed by atoms with van der Waals surface area (Å²) in [4.78, 5) is 12.4. The lowest BCUT2D eigenvalue weighted by molar-refractivity contribution is 0.0885. The van der Waals surface area contributed by atoms with Crippen molar-refractivity contribution in [1.82, 2.24) is 15.1 Å². The standard InChI is InChI=1S/C15H27N3O2/c1-5-7-9-18-12(3)13(11-16-18)14(20)17-15(4,6-2)8-10-19/h11,19H,5-10H2,1-4H3,(H,17,20). The first kappa shape index (κ1) is 16.7. The Morgan fingerprint density at radius 1 is 1.50 bits per heavy atom. The minimum absolute atomic E-state index is 0.0688. The highest BCUT2D eigenvalue weighted by Gasteiger charge is 2.25. The summed E-state index contributed by atoms with van der Waals surface area (Å²) in [6.45, 7) is 8.93. The van der Waals surface area contributed by atoms with Gasteiger partial charge in [-0.05, 0) is 33.1 Å². The predicted molar refractivity (Wildman–Crippen MR) is 79.7 cm³/mol. The number of carbonyl (C=O) groups is 1. The number of aromatic nitrogens is 2. The van der Waals surface area contributed by atoms with E-state index in [1.165, 1.54) is 0 Å². The number of hydrogen-bond donors (Lipinski definition) is 2. The quantitative estimate of drug-likeness (QED) is 0.768. The monoisotopic (exact) mass is 281 g/mol. The van der Waals surface area contributed by atoms with Crippen LogP contribution in [0.1, 0.15) is 62.5 Å². The summed E-state index contributed by atoms with van der Waals surface area (Å²) in [7, 11) is 0. The minimum atomic E-state index is -0.371. The zero-order valence-electron chi connectivity index (χ0n) is 13.1. The fourth-order valence-corrected chi connectivity index (χ4v) is 2.12. The molecular weight excluding hydrogens is 254 g/mol. The summed E-state index contributed by atoms with van der Waals surface area (Å²) in [5.74, 6) is -0.108. The first-order chi connectivity index (χ1) is 9.47. The Bertz CT molecular complexity index is 442. The van der Waals surface area contributed by atoms with Crippen LogP contribution in [0.5, 0.6) is 0 Å². The van der Waals surface area contributed by atoms with Crippen molar-refractivity contribution >= 4 is 5.91 Å². The first-order valence-corrected chi connectivity index (χ1v) is 7.43. The highest BCUT2D eigenvalue weighted by molar-refractivity contribution is 5.95. The summed E-state index contributed by atoms with van der Waals surface area (Å²) in [5, 5.41) is 16.4. The number of amides is 1. The highest BCUT2D eigenvalue weighted by Crippen LogP contribution is 2.16. The number of aliphatic hydroxyl groups excluding tert-OH is 1. The molecule has 0 aromatic carbocycles. The Labute approximate surface area is 121 Å². The molecule has 1 amide bonds. The van der Waals surface area contributed by atoms with Crippen LogP contribution in [0, 0.1) is 6.92 Å². The third-order valence-corrected chi connectivity index (χ3v) is 3.93. The van der Waals surface area contributed by atoms with Gasteiger partial charge in [0, 0.05) is 24.4 Å². The molecule has 0 fully saturated rings. The second-order valence-electron chi connectivity index (χ2n) is 5.56. The highest BCUT2D eigenvalue weighted by atomic mass is 16.3. The molecule has 114 valence electrons. The SMILES string of the molecule is CCCCn1ncc(C(=O)NC(C)(CC)CCO)c1C. The number of nitrogens with zero attached hydrogens (tertiary/aromatic N) is 2. The number of aryl methyl sites for hydroxylation is 1. The van der Waals surface area contributed by atoms with Crippen LogP contribution in [0.3, 0.4) is 0 Å². The maximum Gasteiger partial charge on any atom is 0.255 e. The Balaban J connectivity index is 2.79. The van der Waals surface area contributed by atoms with E-state index in [9.17, 15) is 4.79 Å². The fraction of sp³-hybridized carbons (Fsp3) is 0.733. The van der Waals surface area contributed by atoms with Gasteiger partial charge in [-0.15, -0.1) is 0 Å². The van der Waals surface area contributed by atoms with Gasteiger partial charge in [0.05, 0.1) is 11.8 Å². The molecule has 20 heavy (non-hydrogen) atoms. The molecule has 1 atom stereocenters. The molecule has 2 N–H and O–H groups in total. The van der Waals surface area contributed by atoms with Crippen molar-refractivity contribution in [2.24, 2.45) is 0 Å². The summed E-state index contributed by atoms with van der Waals surface area (Å²) in [6, 6.07) is 0. The van der Waals surface area contributed by atoms with Gasteiger partial charge < -0.3 is 10.4 Å². The van der Waals surface area contributed by atoms with E-state index < -0.39 is 0 Å². The van der Waals surface area contributed by atoms with Gasteiger partial charge in [0.25, 0.3) is 5.91 Å². The lowest BCUT2D eigenvalue weighted by atomic mass is 9.94. The lowest BCUT2D eigenvalue weighted by Gasteiger charge is -2.28. The van der Waals surface area contributed by atoms with Gasteiger partial charge in [-0.3, -0.25) is 9.48 Å². The van der Waals surface area contributed by atoms with E-state index in [0.717, 1.165) is 31.5 Å². The van der Waals surface area contributed by atoms with Gasteiger partial charge in [0.2, 0.25) is 0 Å². The third-order valence-electron chi connectivity index (χ3n) is 3.93. The van der Waals surface area contributed by atoms with Gasteiger partial charge in [-0.1, -0.05) is 20.3 Å². The molecule has 5 nitrogen and oxygen atoms in total. The smallest absolute Gasteiger partial charge is 0.255 e. The van der Waals surface area contributed by atoms with Crippen molar-refractivity contribution in [3.63, 3.8) is 0 Å². The first-order valence-electron chi connectivity index (χ1n) is 7.43. The molecule has 0 saturated heterocycles. The van der Waals surface area contributed by atoms with Crippen LogP contribution in [-0.4, -0.2) is 32.9 Å². The van der Waals surface area contributed by atoms with Gasteiger partial charge in [0.15, 0.2) is 0 Å². The number of nitrogens with one attached hydrogen (secondary N) is 1. The molecule has 1 rings (SSSR count). The Kier molecular flexibility index (Phi) is 6.20. The van der Waals surface area contributed by atoms with Crippen molar-refractivity contribution in [2.75, 3.05) is 6.61 Å². The fourth-order valence-electron chi connectivity index (χ4n) is 2.12. The van der Waals surface area contributed by atoms with Crippen LogP contribution in [0.2, 0.25) is 0 Å². The van der Waals surface area contributed by atoms with E-state index in [0.29, 0.717) is 12.0 Å². The second-order valence-corrected chi connectivity index (χ2v) is 5.56. The van der Waals surface area contributed by atoms with Gasteiger partial charge in [-0.2, -0.15) is 5.10 Å². The number of hydrogen-bond acceptors (Lipinski definition) is 3. The summed E-state index contributed by atoms with van der Waals surface area (Å²) in [6.07, 6.45) is 5.13. The molecule has 5 heteroatoms. The minimum Gasteiger partial charge on any atom is -0.396 e. The number of carbonyl (C=O) groups excluding carboxylic acids is 1. The van der Waals surface area contributed by atoms with E-state index >= 15 is 0 Å². The zero-order valence-corrected chi connectivity index (χ0v) is 13.1. The largest absolute Gasteiger partial charge is 0.396 e. The molecule has 0 aliphatic carbocycles. The van der Waals surface area contributed by atoms with Crippen molar-refractivity contribution in [3.8, 4) is 0 Å². The van der Waals surface area contributed by atoms with E-state index in [2.05, 4.69) is 17.3 Å². The molecule has 0 saturated carbocycles. The maximum absolute atomic E-state index is 12.4. The Morgan fingerprint density at radius 3 is 2.75 bits per heavy atom. The summed E-state index contributed by atoms with van der Waals surface area (Å²) >= 11 is 0. The van der Waals surface area contributed by atoms with E-state index in [1.54, 1.807) is 6.20 Å². The molecule has 0 aliphatic heterocycles. The molecule has 1 unspecified atom stereocenters. The Morgan fingerprint density at radius 2 is 2.20 bits per heavy atom. The molecule has 1 heterocycles. The number of unbranched alkanes of at least 4 members (excludes halogenated alkanes) is 1. The van der Waals surface area contributed by atoms with Crippen molar-refractivity contribution in [3.05, 3.63) is 17.5 Å². The maximum atomic E-state index is 12.4. The van der Waals surface area contributed by atoms with Gasteiger partial charge >= 0.3 is 0 Å². The van der Waals surface area contributed by atoms with Crippen LogP contribution >= 0.6 is 0 Å². The molecule has 0 spiro atoms. The number of aliphatic hydroxyl groups is 1. The third kappa shape index (κ3) is 4.07. The molecule has 0 aliphatic rings. The van der Waals surface area contributed by atoms with E-state index in [1.807, 2.05) is 25.5 Å². The van der Waals surface area contributed by atoms with Crippen LogP contribution < -0.4 is 5.32 Å². The summed E-state index contributed by atoms with van der Waals surface area (Å²) in [5.41, 5.74) is 1.15. The Hall–Kier alpha value is -1.36. The normalized spacial score (nSPS) is 14.1. The van der Waals surface area contributed by atoms with Gasteiger partial charge in [-0.25, -0.2) is 0 Å². The molecular formula is C15H27N3O2. The van der Waals surface area contributed by atoms with Crippen molar-refractivity contribution in [2.45, 2.75) is 65.5 Å². The van der Waals surface area contributed by atoms with Gasteiger partial charge in [0.1, 0.15) is 0 Å². The van der Waals surface area contributed by atoms with Crippen LogP contribution in [0.25, 0.3) is 0 Å². The van der Waals surface area contributed by atoms with Crippen LogP contribution in [-0.2, 0) is 6.54 Å². The molecule has 0 radical (unpaired) electrons. The van der Waals surface area contributed by atoms with Crippen molar-refractivity contribution in [1.29, 1.82) is 0 Å². The molecule has 0 bridgehead atoms. The van der Waals surface area contributed by atoms with Crippen molar-refractivity contribution < 1.29 is 9.90 Å². The van der Waals surface area contributed by atoms with Crippen LogP contribution in [0.4, 0.5) is 0 Å². The number of rotatable bonds is 8. The van der Waals surface area contributed by atoms with Crippen LogP contribution in [0.15, 0.2) is 6.20 Å². The van der Waals surface area contributed by atoms with E-state index in [-0.39, 0.29) is 18.1 Å². The average Bonchev–Trinajstić information content (AvgIpc) is 2.78. The second kappa shape index (κ2) is 7.43. The molecule has 1 aromatic rings.